The van der Waals surface area contributed by atoms with Gasteiger partial charge in [-0.1, -0.05) is 24.3 Å². The van der Waals surface area contributed by atoms with Crippen LogP contribution < -0.4 is 16.2 Å². The van der Waals surface area contributed by atoms with Crippen LogP contribution in [0.5, 0.6) is 5.75 Å². The van der Waals surface area contributed by atoms with Gasteiger partial charge in [0.05, 0.1) is 18.8 Å². The van der Waals surface area contributed by atoms with Gasteiger partial charge in [-0.3, -0.25) is 9.69 Å². The van der Waals surface area contributed by atoms with Crippen molar-refractivity contribution in [1.29, 1.82) is 0 Å². The predicted octanol–water partition coefficient (Wildman–Crippen LogP) is 3.17. The van der Waals surface area contributed by atoms with Crippen molar-refractivity contribution in [2.45, 2.75) is 25.4 Å². The average Bonchev–Trinajstić information content (AvgIpc) is 3.22. The fraction of sp³-hybridized carbons (Fsp3) is 0.261. The Bertz CT molecular complexity index is 1050. The molecule has 1 aromatic heterocycles. The van der Waals surface area contributed by atoms with Crippen molar-refractivity contribution in [2.24, 2.45) is 5.73 Å². The number of benzene rings is 2. The first-order valence-corrected chi connectivity index (χ1v) is 9.95. The summed E-state index contributed by atoms with van der Waals surface area (Å²) in [6.07, 6.45) is 3.79. The number of likely N-dealkylation sites (tertiary alicyclic amines) is 1. The van der Waals surface area contributed by atoms with Crippen molar-refractivity contribution in [1.82, 2.24) is 14.9 Å². The Hall–Kier alpha value is -3.45. The highest BCUT2D eigenvalue weighted by Gasteiger charge is 2.30. The summed E-state index contributed by atoms with van der Waals surface area (Å²) in [5, 5.41) is 0. The van der Waals surface area contributed by atoms with Gasteiger partial charge in [0.2, 0.25) is 11.9 Å². The van der Waals surface area contributed by atoms with E-state index in [2.05, 4.69) is 27.0 Å². The standard InChI is InChI=1S/C23H25N5O2/c1-30-18-9-7-15(8-10-18)14-28-11-3-6-20(28)21-19(13-26-23(25)27-21)16-4-2-5-17(12-16)22(24)29/h2,4-5,7-10,12-13,20H,3,6,11,14H2,1H3,(H2,24,29)(H2,25,26,27). The van der Waals surface area contributed by atoms with Crippen molar-refractivity contribution in [2.75, 3.05) is 19.4 Å². The Labute approximate surface area is 175 Å². The van der Waals surface area contributed by atoms with Gasteiger partial charge in [0, 0.05) is 23.9 Å². The maximum atomic E-state index is 11.6. The SMILES string of the molecule is COc1ccc(CN2CCCC2c2nc(N)ncc2-c2cccc(C(N)=O)c2)cc1. The Morgan fingerprint density at radius 1 is 1.23 bits per heavy atom. The highest BCUT2D eigenvalue weighted by atomic mass is 16.5. The van der Waals surface area contributed by atoms with Crippen LogP contribution >= 0.6 is 0 Å². The van der Waals surface area contributed by atoms with Crippen LogP contribution in [0.2, 0.25) is 0 Å². The van der Waals surface area contributed by atoms with E-state index in [0.29, 0.717) is 5.56 Å². The predicted molar refractivity (Wildman–Crippen MR) is 116 cm³/mol. The molecule has 1 fully saturated rings. The molecule has 1 unspecified atom stereocenters. The number of nitrogen functional groups attached to an aromatic ring is 1. The molecule has 0 radical (unpaired) electrons. The molecule has 0 saturated carbocycles. The summed E-state index contributed by atoms with van der Waals surface area (Å²) in [5.41, 5.74) is 15.7. The van der Waals surface area contributed by atoms with Crippen LogP contribution in [-0.2, 0) is 6.54 Å². The number of primary amides is 1. The van der Waals surface area contributed by atoms with E-state index in [4.69, 9.17) is 16.2 Å². The van der Waals surface area contributed by atoms with Gasteiger partial charge in [0.15, 0.2) is 0 Å². The fourth-order valence-corrected chi connectivity index (χ4v) is 4.02. The van der Waals surface area contributed by atoms with Crippen molar-refractivity contribution in [3.63, 3.8) is 0 Å². The molecule has 7 heteroatoms. The van der Waals surface area contributed by atoms with Crippen LogP contribution in [0.25, 0.3) is 11.1 Å². The fourth-order valence-electron chi connectivity index (χ4n) is 4.02. The summed E-state index contributed by atoms with van der Waals surface area (Å²) in [7, 11) is 1.67. The minimum absolute atomic E-state index is 0.115. The van der Waals surface area contributed by atoms with E-state index in [1.807, 2.05) is 24.3 Å². The molecule has 1 amide bonds. The molecule has 154 valence electrons. The summed E-state index contributed by atoms with van der Waals surface area (Å²) < 4.78 is 5.26. The van der Waals surface area contributed by atoms with E-state index in [1.165, 1.54) is 5.56 Å². The molecular formula is C23H25N5O2. The Balaban J connectivity index is 1.67. The van der Waals surface area contributed by atoms with Crippen LogP contribution in [0.3, 0.4) is 0 Å². The van der Waals surface area contributed by atoms with Gasteiger partial charge in [-0.15, -0.1) is 0 Å². The van der Waals surface area contributed by atoms with E-state index >= 15 is 0 Å². The van der Waals surface area contributed by atoms with Crippen molar-refractivity contribution in [3.05, 3.63) is 71.5 Å². The minimum atomic E-state index is -0.461. The summed E-state index contributed by atoms with van der Waals surface area (Å²) in [6, 6.07) is 15.5. The summed E-state index contributed by atoms with van der Waals surface area (Å²) in [5.74, 6) is 0.629. The van der Waals surface area contributed by atoms with Crippen LogP contribution in [-0.4, -0.2) is 34.4 Å². The van der Waals surface area contributed by atoms with E-state index in [-0.39, 0.29) is 12.0 Å². The second-order valence-electron chi connectivity index (χ2n) is 7.45. The maximum absolute atomic E-state index is 11.6. The smallest absolute Gasteiger partial charge is 0.248 e. The molecule has 1 aliphatic rings. The molecule has 1 saturated heterocycles. The molecule has 3 aromatic rings. The molecule has 30 heavy (non-hydrogen) atoms. The number of amides is 1. The lowest BCUT2D eigenvalue weighted by Gasteiger charge is -2.26. The van der Waals surface area contributed by atoms with Crippen LogP contribution in [0.15, 0.2) is 54.7 Å². The van der Waals surface area contributed by atoms with Crippen LogP contribution in [0.4, 0.5) is 5.95 Å². The molecule has 2 aromatic carbocycles. The molecule has 4 N–H and O–H groups in total. The third-order valence-electron chi connectivity index (χ3n) is 5.52. The lowest BCUT2D eigenvalue weighted by molar-refractivity contribution is 0.100. The molecule has 0 spiro atoms. The molecule has 0 bridgehead atoms. The van der Waals surface area contributed by atoms with Crippen molar-refractivity contribution in [3.8, 4) is 16.9 Å². The highest BCUT2D eigenvalue weighted by molar-refractivity contribution is 5.94. The van der Waals surface area contributed by atoms with E-state index in [9.17, 15) is 4.79 Å². The first kappa shape index (κ1) is 19.8. The molecule has 1 aliphatic heterocycles. The Kier molecular flexibility index (Phi) is 5.63. The zero-order chi connectivity index (χ0) is 21.1. The largest absolute Gasteiger partial charge is 0.497 e. The van der Waals surface area contributed by atoms with Gasteiger partial charge in [0.25, 0.3) is 0 Å². The second-order valence-corrected chi connectivity index (χ2v) is 7.45. The Morgan fingerprint density at radius 3 is 2.77 bits per heavy atom. The number of ether oxygens (including phenoxy) is 1. The molecule has 1 atom stereocenters. The quantitative estimate of drug-likeness (QED) is 0.655. The molecule has 7 nitrogen and oxygen atoms in total. The van der Waals surface area contributed by atoms with Crippen LogP contribution in [0.1, 0.15) is 40.5 Å². The van der Waals surface area contributed by atoms with Gasteiger partial charge in [-0.05, 0) is 54.8 Å². The minimum Gasteiger partial charge on any atom is -0.497 e. The lowest BCUT2D eigenvalue weighted by atomic mass is 9.98. The third-order valence-corrected chi connectivity index (χ3v) is 5.52. The highest BCUT2D eigenvalue weighted by Crippen LogP contribution is 2.37. The van der Waals surface area contributed by atoms with Gasteiger partial charge in [0.1, 0.15) is 5.75 Å². The average molecular weight is 403 g/mol. The third kappa shape index (κ3) is 4.11. The molecule has 4 rings (SSSR count). The van der Waals surface area contributed by atoms with Gasteiger partial charge >= 0.3 is 0 Å². The number of aromatic nitrogens is 2. The first-order valence-electron chi connectivity index (χ1n) is 9.95. The maximum Gasteiger partial charge on any atom is 0.248 e. The number of nitrogens with zero attached hydrogens (tertiary/aromatic N) is 3. The molecule has 0 aliphatic carbocycles. The zero-order valence-electron chi connectivity index (χ0n) is 16.9. The topological polar surface area (TPSA) is 107 Å². The number of carbonyl (C=O) groups excluding carboxylic acids is 1. The van der Waals surface area contributed by atoms with E-state index in [1.54, 1.807) is 25.4 Å². The molecular weight excluding hydrogens is 378 g/mol. The first-order chi connectivity index (χ1) is 14.5. The number of hydrogen-bond acceptors (Lipinski definition) is 6. The summed E-state index contributed by atoms with van der Waals surface area (Å²) in [6.45, 7) is 1.78. The lowest BCUT2D eigenvalue weighted by Crippen LogP contribution is -2.24. The van der Waals surface area contributed by atoms with Gasteiger partial charge in [-0.25, -0.2) is 9.97 Å². The monoisotopic (exact) mass is 403 g/mol. The van der Waals surface area contributed by atoms with Gasteiger partial charge in [-0.2, -0.15) is 0 Å². The number of hydrogen-bond donors (Lipinski definition) is 2. The normalized spacial score (nSPS) is 16.5. The second kappa shape index (κ2) is 8.51. The number of rotatable bonds is 6. The number of methoxy groups -OCH3 is 1. The van der Waals surface area contributed by atoms with E-state index < -0.39 is 5.91 Å². The zero-order valence-corrected chi connectivity index (χ0v) is 16.9. The van der Waals surface area contributed by atoms with E-state index in [0.717, 1.165) is 48.5 Å². The van der Waals surface area contributed by atoms with Crippen LogP contribution in [0, 0.1) is 0 Å². The molecule has 2 heterocycles. The Morgan fingerprint density at radius 2 is 2.03 bits per heavy atom. The number of nitrogens with two attached hydrogens (primary N) is 2. The summed E-state index contributed by atoms with van der Waals surface area (Å²) in [4.78, 5) is 22.9. The number of anilines is 1. The van der Waals surface area contributed by atoms with Crippen molar-refractivity contribution < 1.29 is 9.53 Å². The van der Waals surface area contributed by atoms with Gasteiger partial charge < -0.3 is 16.2 Å². The summed E-state index contributed by atoms with van der Waals surface area (Å²) >= 11 is 0. The number of carbonyl (C=O) groups is 1. The van der Waals surface area contributed by atoms with Crippen molar-refractivity contribution >= 4 is 11.9 Å².